The SMILES string of the molecule is COCCOCCNC(=O)c1c[c-]ccc1.C[N-]C(=O)c1cccc(C(C)C)c1.[Y]. The molecule has 1 radical (unpaired) electrons. The molecule has 0 aliphatic heterocycles. The van der Waals surface area contributed by atoms with E-state index < -0.39 is 0 Å². The van der Waals surface area contributed by atoms with E-state index in [-0.39, 0.29) is 44.5 Å². The molecule has 0 atom stereocenters. The third-order valence-electron chi connectivity index (χ3n) is 3.94. The fourth-order valence-electron chi connectivity index (χ4n) is 2.28. The van der Waals surface area contributed by atoms with Crippen molar-refractivity contribution in [3.8, 4) is 0 Å². The number of methoxy groups -OCH3 is 1. The molecule has 0 aliphatic rings. The number of carbonyl (C=O) groups is 2. The maximum Gasteiger partial charge on any atom is 0.195 e. The molecule has 2 aromatic carbocycles. The maximum atomic E-state index is 11.5. The van der Waals surface area contributed by atoms with Crippen molar-refractivity contribution in [2.45, 2.75) is 19.8 Å². The van der Waals surface area contributed by atoms with Gasteiger partial charge in [0.25, 0.3) is 0 Å². The Balaban J connectivity index is 0.000000553. The van der Waals surface area contributed by atoms with E-state index in [0.29, 0.717) is 43.4 Å². The third-order valence-corrected chi connectivity index (χ3v) is 3.94. The van der Waals surface area contributed by atoms with Crippen molar-refractivity contribution >= 4 is 11.8 Å². The summed E-state index contributed by atoms with van der Waals surface area (Å²) in [7, 11) is 3.14. The van der Waals surface area contributed by atoms with Crippen LogP contribution in [0.25, 0.3) is 5.32 Å². The molecule has 0 spiro atoms. The predicted molar refractivity (Wildman–Crippen MR) is 114 cm³/mol. The van der Waals surface area contributed by atoms with Gasteiger partial charge in [0.05, 0.1) is 25.7 Å². The summed E-state index contributed by atoms with van der Waals surface area (Å²) < 4.78 is 10.0. The Bertz CT molecular complexity index is 739. The summed E-state index contributed by atoms with van der Waals surface area (Å²) in [4.78, 5) is 22.7. The molecule has 2 rings (SSSR count). The van der Waals surface area contributed by atoms with Crippen LogP contribution in [-0.4, -0.2) is 52.3 Å². The van der Waals surface area contributed by atoms with Crippen LogP contribution < -0.4 is 5.32 Å². The van der Waals surface area contributed by atoms with Crippen molar-refractivity contribution in [2.75, 3.05) is 40.5 Å². The maximum absolute atomic E-state index is 11.5. The van der Waals surface area contributed by atoms with E-state index >= 15 is 0 Å². The van der Waals surface area contributed by atoms with Crippen LogP contribution in [0.5, 0.6) is 0 Å². The quantitative estimate of drug-likeness (QED) is 0.431. The van der Waals surface area contributed by atoms with Crippen LogP contribution in [0.2, 0.25) is 0 Å². The molecular formula is C23H30N2O4Y-2. The van der Waals surface area contributed by atoms with Crippen molar-refractivity contribution in [2.24, 2.45) is 0 Å². The zero-order valence-corrected chi connectivity index (χ0v) is 21.0. The van der Waals surface area contributed by atoms with Gasteiger partial charge in [-0.1, -0.05) is 37.6 Å². The molecule has 7 heteroatoms. The molecule has 2 aromatic rings. The number of nitrogens with zero attached hydrogens (tertiary/aromatic N) is 1. The number of nitrogens with one attached hydrogen (secondary N) is 1. The second kappa shape index (κ2) is 17.1. The van der Waals surface area contributed by atoms with Gasteiger partial charge in [-0.15, -0.1) is 7.05 Å². The first-order valence-corrected chi connectivity index (χ1v) is 9.54. The van der Waals surface area contributed by atoms with Crippen molar-refractivity contribution in [3.63, 3.8) is 0 Å². The molecule has 6 nitrogen and oxygen atoms in total. The second-order valence-electron chi connectivity index (χ2n) is 6.46. The van der Waals surface area contributed by atoms with Crippen molar-refractivity contribution in [1.82, 2.24) is 5.32 Å². The van der Waals surface area contributed by atoms with Crippen LogP contribution in [0.4, 0.5) is 0 Å². The number of hydrogen-bond donors (Lipinski definition) is 1. The minimum atomic E-state index is -0.150. The monoisotopic (exact) mass is 487 g/mol. The van der Waals surface area contributed by atoms with Gasteiger partial charge in [0.15, 0.2) is 5.91 Å². The number of ether oxygens (including phenoxy) is 2. The summed E-state index contributed by atoms with van der Waals surface area (Å²) in [6.07, 6.45) is 0. The molecule has 0 aromatic heterocycles. The van der Waals surface area contributed by atoms with Gasteiger partial charge in [-0.2, -0.15) is 30.3 Å². The number of benzene rings is 2. The molecule has 0 saturated carbocycles. The van der Waals surface area contributed by atoms with Gasteiger partial charge in [-0.3, -0.25) is 4.79 Å². The van der Waals surface area contributed by atoms with Gasteiger partial charge in [-0.25, -0.2) is 0 Å². The second-order valence-corrected chi connectivity index (χ2v) is 6.46. The number of carbonyl (C=O) groups excluding carboxylic acids is 2. The first kappa shape index (κ1) is 28.4. The van der Waals surface area contributed by atoms with E-state index in [9.17, 15) is 9.59 Å². The Morgan fingerprint density at radius 2 is 1.83 bits per heavy atom. The summed E-state index contributed by atoms with van der Waals surface area (Å²) in [6.45, 7) is 6.32. The zero-order chi connectivity index (χ0) is 21.5. The van der Waals surface area contributed by atoms with E-state index in [4.69, 9.17) is 9.47 Å². The Morgan fingerprint density at radius 1 is 1.10 bits per heavy atom. The number of hydrogen-bond acceptors (Lipinski definition) is 4. The molecular weight excluding hydrogens is 457 g/mol. The summed E-state index contributed by atoms with van der Waals surface area (Å²) >= 11 is 0. The molecule has 0 unspecified atom stereocenters. The topological polar surface area (TPSA) is 78.7 Å². The third kappa shape index (κ3) is 11.6. The van der Waals surface area contributed by atoms with Crippen LogP contribution >= 0.6 is 0 Å². The largest absolute Gasteiger partial charge is 0.652 e. The Morgan fingerprint density at radius 3 is 2.43 bits per heavy atom. The Labute approximate surface area is 205 Å². The van der Waals surface area contributed by atoms with Gasteiger partial charge < -0.3 is 24.9 Å². The number of amides is 2. The van der Waals surface area contributed by atoms with Crippen LogP contribution in [0.3, 0.4) is 0 Å². The summed E-state index contributed by atoms with van der Waals surface area (Å²) in [6, 6.07) is 17.4. The average molecular weight is 487 g/mol. The van der Waals surface area contributed by atoms with Gasteiger partial charge in [0, 0.05) is 46.4 Å². The molecule has 0 aliphatic carbocycles. The first-order valence-electron chi connectivity index (χ1n) is 9.54. The van der Waals surface area contributed by atoms with Crippen molar-refractivity contribution in [3.05, 3.63) is 76.6 Å². The molecule has 0 heterocycles. The average Bonchev–Trinajstić information content (AvgIpc) is 2.76. The van der Waals surface area contributed by atoms with E-state index in [1.165, 1.54) is 12.6 Å². The van der Waals surface area contributed by atoms with Crippen LogP contribution in [-0.2, 0) is 42.2 Å². The van der Waals surface area contributed by atoms with Crippen LogP contribution in [0, 0.1) is 6.07 Å². The van der Waals surface area contributed by atoms with E-state index in [2.05, 4.69) is 30.5 Å². The van der Waals surface area contributed by atoms with Crippen molar-refractivity contribution < 1.29 is 51.8 Å². The first-order chi connectivity index (χ1) is 14.0. The fraction of sp³-hybridized carbons (Fsp3) is 0.391. The van der Waals surface area contributed by atoms with Crippen molar-refractivity contribution in [1.29, 1.82) is 0 Å². The molecule has 161 valence electrons. The van der Waals surface area contributed by atoms with Gasteiger partial charge >= 0.3 is 0 Å². The van der Waals surface area contributed by atoms with Gasteiger partial charge in [-0.05, 0) is 23.1 Å². The molecule has 1 N–H and O–H groups in total. The van der Waals surface area contributed by atoms with Crippen LogP contribution in [0.15, 0.2) is 48.5 Å². The zero-order valence-electron chi connectivity index (χ0n) is 18.2. The molecule has 2 amide bonds. The molecule has 30 heavy (non-hydrogen) atoms. The Hall–Kier alpha value is -1.60. The smallest absolute Gasteiger partial charge is 0.195 e. The summed E-state index contributed by atoms with van der Waals surface area (Å²) in [5.41, 5.74) is 2.46. The van der Waals surface area contributed by atoms with E-state index in [0.717, 1.165) is 0 Å². The fourth-order valence-corrected chi connectivity index (χ4v) is 2.28. The predicted octanol–water partition coefficient (Wildman–Crippen LogP) is 3.83. The van der Waals surface area contributed by atoms with Gasteiger partial charge in [0.2, 0.25) is 0 Å². The molecule has 0 saturated heterocycles. The standard InChI is InChI=1S/C12H16NO3.C11H15NO.Y/c1-15-9-10-16-8-7-13-12(14)11-5-3-2-4-6-11;1-8(2)9-5-4-6-10(7-9)11(13)12-3;/h2-3,5-6H,7-10H2,1H3,(H,13,14);4-8H,1-3H3,(H,12,13);/q-1;;/p-1. The summed E-state index contributed by atoms with van der Waals surface area (Å²) in [5, 5.41) is 6.37. The molecule has 0 fully saturated rings. The van der Waals surface area contributed by atoms with Gasteiger partial charge in [0.1, 0.15) is 0 Å². The molecule has 0 bridgehead atoms. The number of rotatable bonds is 9. The van der Waals surface area contributed by atoms with Crippen LogP contribution in [0.1, 0.15) is 46.0 Å². The summed E-state index contributed by atoms with van der Waals surface area (Å²) in [5.74, 6) is 0.194. The minimum absolute atomic E-state index is 0. The Kier molecular flexibility index (Phi) is 16.2. The van der Waals surface area contributed by atoms with E-state index in [1.807, 2.05) is 18.2 Å². The van der Waals surface area contributed by atoms with E-state index in [1.54, 1.807) is 37.4 Å². The normalized spacial score (nSPS) is 9.77. The minimum Gasteiger partial charge on any atom is -0.652 e.